The van der Waals surface area contributed by atoms with Crippen LogP contribution < -0.4 is 10.1 Å². The summed E-state index contributed by atoms with van der Waals surface area (Å²) in [6.07, 6.45) is 0.998. The summed E-state index contributed by atoms with van der Waals surface area (Å²) in [5.74, 6) is 0.417. The zero-order valence-electron chi connectivity index (χ0n) is 17.6. The number of carbonyl (C=O) groups excluding carboxylic acids is 1. The highest BCUT2D eigenvalue weighted by molar-refractivity contribution is 9.10. The number of nitrogens with zero attached hydrogens (tertiary/aromatic N) is 1. The van der Waals surface area contributed by atoms with Crippen molar-refractivity contribution < 1.29 is 17.9 Å². The maximum atomic E-state index is 13.4. The van der Waals surface area contributed by atoms with Crippen molar-refractivity contribution in [1.29, 1.82) is 0 Å². The highest BCUT2D eigenvalue weighted by Crippen LogP contribution is 2.32. The summed E-state index contributed by atoms with van der Waals surface area (Å²) in [6.45, 7) is 6.93. The van der Waals surface area contributed by atoms with Crippen molar-refractivity contribution >= 4 is 37.5 Å². The number of hydrogen-bond donors (Lipinski definition) is 1. The van der Waals surface area contributed by atoms with Crippen LogP contribution in [-0.2, 0) is 10.0 Å². The lowest BCUT2D eigenvalue weighted by Gasteiger charge is -2.34. The second-order valence-electron chi connectivity index (χ2n) is 8.05. The average Bonchev–Trinajstić information content (AvgIpc) is 2.68. The van der Waals surface area contributed by atoms with Gasteiger partial charge in [0.1, 0.15) is 10.6 Å². The number of aryl methyl sites for hydroxylation is 1. The van der Waals surface area contributed by atoms with Gasteiger partial charge in [-0.2, -0.15) is 4.31 Å². The third kappa shape index (κ3) is 4.87. The van der Waals surface area contributed by atoms with E-state index in [1.165, 1.54) is 23.5 Å². The van der Waals surface area contributed by atoms with E-state index in [2.05, 4.69) is 35.1 Å². The van der Waals surface area contributed by atoms with Gasteiger partial charge < -0.3 is 10.1 Å². The fraction of sp³-hybridized carbons (Fsp3) is 0.409. The lowest BCUT2D eigenvalue weighted by atomic mass is 9.94. The van der Waals surface area contributed by atoms with Crippen molar-refractivity contribution in [3.8, 4) is 5.75 Å². The topological polar surface area (TPSA) is 75.7 Å². The molecule has 1 amide bonds. The number of amides is 1. The molecule has 1 N–H and O–H groups in total. The minimum Gasteiger partial charge on any atom is -0.495 e. The Morgan fingerprint density at radius 1 is 1.13 bits per heavy atom. The third-order valence-corrected chi connectivity index (χ3v) is 7.66. The summed E-state index contributed by atoms with van der Waals surface area (Å²) in [4.78, 5) is 12.9. The van der Waals surface area contributed by atoms with E-state index in [0.29, 0.717) is 18.8 Å². The van der Waals surface area contributed by atoms with Crippen LogP contribution in [0.15, 0.2) is 45.8 Å². The molecule has 2 unspecified atom stereocenters. The Kier molecular flexibility index (Phi) is 6.89. The van der Waals surface area contributed by atoms with Gasteiger partial charge in [0.25, 0.3) is 5.91 Å². The number of hydrogen-bond acceptors (Lipinski definition) is 4. The van der Waals surface area contributed by atoms with Crippen molar-refractivity contribution in [2.75, 3.05) is 25.5 Å². The molecule has 0 spiro atoms. The Labute approximate surface area is 186 Å². The molecular formula is C22H27BrN2O4S. The van der Waals surface area contributed by atoms with E-state index in [9.17, 15) is 13.2 Å². The number of carbonyl (C=O) groups is 1. The molecule has 0 aliphatic carbocycles. The maximum absolute atomic E-state index is 13.4. The van der Waals surface area contributed by atoms with Gasteiger partial charge >= 0.3 is 0 Å². The van der Waals surface area contributed by atoms with Crippen LogP contribution in [0.4, 0.5) is 5.69 Å². The predicted molar refractivity (Wildman–Crippen MR) is 122 cm³/mol. The van der Waals surface area contributed by atoms with Gasteiger partial charge in [-0.05, 0) is 67.1 Å². The Balaban J connectivity index is 1.94. The molecule has 1 aliphatic rings. The number of ether oxygens (including phenoxy) is 1. The fourth-order valence-electron chi connectivity index (χ4n) is 3.92. The van der Waals surface area contributed by atoms with Gasteiger partial charge in [-0.1, -0.05) is 29.8 Å². The second kappa shape index (κ2) is 9.08. The van der Waals surface area contributed by atoms with Crippen LogP contribution in [0.3, 0.4) is 0 Å². The van der Waals surface area contributed by atoms with E-state index >= 15 is 0 Å². The number of nitrogens with one attached hydrogen (secondary N) is 1. The molecule has 2 aromatic carbocycles. The first-order valence-corrected chi connectivity index (χ1v) is 12.1. The molecule has 162 valence electrons. The highest BCUT2D eigenvalue weighted by atomic mass is 79.9. The van der Waals surface area contributed by atoms with E-state index in [1.807, 2.05) is 19.1 Å². The third-order valence-electron chi connectivity index (χ3n) is 5.32. The zero-order chi connectivity index (χ0) is 22.1. The molecule has 1 saturated heterocycles. The van der Waals surface area contributed by atoms with Crippen LogP contribution in [0.2, 0.25) is 0 Å². The Hall–Kier alpha value is -1.90. The van der Waals surface area contributed by atoms with E-state index < -0.39 is 10.0 Å². The molecule has 2 atom stereocenters. The van der Waals surface area contributed by atoms with Crippen LogP contribution in [0.1, 0.15) is 36.2 Å². The second-order valence-corrected chi connectivity index (χ2v) is 10.9. The van der Waals surface area contributed by atoms with Crippen LogP contribution in [0.5, 0.6) is 5.75 Å². The van der Waals surface area contributed by atoms with Gasteiger partial charge in [-0.25, -0.2) is 8.42 Å². The first kappa shape index (κ1) is 22.8. The van der Waals surface area contributed by atoms with E-state index in [-0.39, 0.29) is 34.0 Å². The van der Waals surface area contributed by atoms with Gasteiger partial charge in [-0.15, -0.1) is 0 Å². The van der Waals surface area contributed by atoms with E-state index in [0.717, 1.165) is 16.5 Å². The summed E-state index contributed by atoms with van der Waals surface area (Å²) in [6, 6.07) is 10.1. The number of anilines is 1. The van der Waals surface area contributed by atoms with Crippen molar-refractivity contribution in [2.45, 2.75) is 32.1 Å². The monoisotopic (exact) mass is 494 g/mol. The quantitative estimate of drug-likeness (QED) is 0.654. The Morgan fingerprint density at radius 2 is 1.80 bits per heavy atom. The van der Waals surface area contributed by atoms with Crippen molar-refractivity contribution in [3.05, 3.63) is 52.0 Å². The van der Waals surface area contributed by atoms with Gasteiger partial charge in [-0.3, -0.25) is 4.79 Å². The standard InChI is InChI=1S/C22H27BrN2O4S/c1-14-9-15(2)13-25(12-14)30(27,28)21-11-17(5-8-20(21)29-4)22(26)24-19-7-6-18(23)10-16(19)3/h5-8,10-11,14-15H,9,12-13H2,1-4H3,(H,24,26). The van der Waals surface area contributed by atoms with Gasteiger partial charge in [0, 0.05) is 28.8 Å². The first-order chi connectivity index (χ1) is 14.1. The van der Waals surface area contributed by atoms with Crippen LogP contribution in [0, 0.1) is 18.8 Å². The van der Waals surface area contributed by atoms with Gasteiger partial charge in [0.05, 0.1) is 7.11 Å². The molecule has 0 saturated carbocycles. The summed E-state index contributed by atoms with van der Waals surface area (Å²) >= 11 is 3.40. The molecule has 0 bridgehead atoms. The van der Waals surface area contributed by atoms with E-state index in [1.54, 1.807) is 12.1 Å². The van der Waals surface area contributed by atoms with Crippen molar-refractivity contribution in [2.24, 2.45) is 11.8 Å². The molecule has 2 aromatic rings. The number of methoxy groups -OCH3 is 1. The molecule has 1 aliphatic heterocycles. The number of benzene rings is 2. The fourth-order valence-corrected chi connectivity index (χ4v) is 6.26. The molecular weight excluding hydrogens is 468 g/mol. The van der Waals surface area contributed by atoms with Crippen molar-refractivity contribution in [3.63, 3.8) is 0 Å². The summed E-state index contributed by atoms with van der Waals surface area (Å²) in [7, 11) is -2.36. The van der Waals surface area contributed by atoms with Crippen LogP contribution in [0.25, 0.3) is 0 Å². The normalized spacial score (nSPS) is 20.0. The summed E-state index contributed by atoms with van der Waals surface area (Å²) in [5.41, 5.74) is 1.83. The Morgan fingerprint density at radius 3 is 2.40 bits per heavy atom. The van der Waals surface area contributed by atoms with Gasteiger partial charge in [0.2, 0.25) is 10.0 Å². The average molecular weight is 495 g/mol. The predicted octanol–water partition coefficient (Wildman–Crippen LogP) is 4.69. The molecule has 1 fully saturated rings. The smallest absolute Gasteiger partial charge is 0.255 e. The minimum absolute atomic E-state index is 0.0199. The number of rotatable bonds is 5. The molecule has 3 rings (SSSR count). The van der Waals surface area contributed by atoms with Gasteiger partial charge in [0.15, 0.2) is 0 Å². The largest absolute Gasteiger partial charge is 0.495 e. The summed E-state index contributed by atoms with van der Waals surface area (Å²) < 4.78 is 34.5. The molecule has 30 heavy (non-hydrogen) atoms. The summed E-state index contributed by atoms with van der Waals surface area (Å²) in [5, 5.41) is 2.85. The SMILES string of the molecule is COc1ccc(C(=O)Nc2ccc(Br)cc2C)cc1S(=O)(=O)N1CC(C)CC(C)C1. The van der Waals surface area contributed by atoms with Crippen LogP contribution in [-0.4, -0.2) is 38.8 Å². The lowest BCUT2D eigenvalue weighted by Crippen LogP contribution is -2.42. The van der Waals surface area contributed by atoms with E-state index in [4.69, 9.17) is 4.74 Å². The molecule has 6 nitrogen and oxygen atoms in total. The molecule has 0 radical (unpaired) electrons. The number of halogens is 1. The highest BCUT2D eigenvalue weighted by Gasteiger charge is 2.34. The number of piperidine rings is 1. The zero-order valence-corrected chi connectivity index (χ0v) is 20.0. The molecule has 1 heterocycles. The van der Waals surface area contributed by atoms with Crippen molar-refractivity contribution in [1.82, 2.24) is 4.31 Å². The lowest BCUT2D eigenvalue weighted by molar-refractivity contribution is 0.102. The molecule has 8 heteroatoms. The maximum Gasteiger partial charge on any atom is 0.255 e. The molecule has 0 aromatic heterocycles. The minimum atomic E-state index is -3.79. The number of sulfonamides is 1. The van der Waals surface area contributed by atoms with Crippen LogP contribution >= 0.6 is 15.9 Å². The first-order valence-electron chi connectivity index (χ1n) is 9.87. The Bertz CT molecular complexity index is 1050.